The minimum atomic E-state index is -3.79. The zero-order valence-corrected chi connectivity index (χ0v) is 19.3. The number of amides is 1. The molecule has 1 heterocycles. The zero-order chi connectivity index (χ0) is 23.3. The molecule has 0 radical (unpaired) electrons. The van der Waals surface area contributed by atoms with Crippen LogP contribution in [0.25, 0.3) is 0 Å². The van der Waals surface area contributed by atoms with Gasteiger partial charge in [0.15, 0.2) is 11.5 Å². The SMILES string of the molecule is CC[C@H](NC(=O)[C@@H]1CCCN(S(=O)(=O)c2ccc(F)cc2)C1)c1ccc(OC)c(OC)c1. The average molecular weight is 465 g/mol. The molecule has 0 spiro atoms. The Morgan fingerprint density at radius 3 is 2.47 bits per heavy atom. The molecular weight excluding hydrogens is 435 g/mol. The van der Waals surface area contributed by atoms with Crippen LogP contribution in [0.3, 0.4) is 0 Å². The monoisotopic (exact) mass is 464 g/mol. The van der Waals surface area contributed by atoms with E-state index in [0.29, 0.717) is 37.3 Å². The summed E-state index contributed by atoms with van der Waals surface area (Å²) < 4.78 is 51.0. The highest BCUT2D eigenvalue weighted by Gasteiger charge is 2.34. The molecule has 7 nitrogen and oxygen atoms in total. The van der Waals surface area contributed by atoms with Gasteiger partial charge in [-0.3, -0.25) is 4.79 Å². The van der Waals surface area contributed by atoms with Crippen LogP contribution in [0.4, 0.5) is 4.39 Å². The summed E-state index contributed by atoms with van der Waals surface area (Å²) in [6.45, 7) is 2.39. The number of methoxy groups -OCH3 is 2. The van der Waals surface area contributed by atoms with Gasteiger partial charge in [-0.15, -0.1) is 0 Å². The number of sulfonamides is 1. The Balaban J connectivity index is 1.72. The molecule has 174 valence electrons. The first-order valence-corrected chi connectivity index (χ1v) is 12.0. The van der Waals surface area contributed by atoms with Crippen molar-refractivity contribution in [3.63, 3.8) is 0 Å². The van der Waals surface area contributed by atoms with Gasteiger partial charge >= 0.3 is 0 Å². The summed E-state index contributed by atoms with van der Waals surface area (Å²) in [6, 6.07) is 10.00. The topological polar surface area (TPSA) is 84.9 Å². The van der Waals surface area contributed by atoms with E-state index in [1.807, 2.05) is 19.1 Å². The van der Waals surface area contributed by atoms with Crippen molar-refractivity contribution in [2.45, 2.75) is 37.1 Å². The number of hydrogen-bond donors (Lipinski definition) is 1. The summed E-state index contributed by atoms with van der Waals surface area (Å²) in [4.78, 5) is 13.1. The fraction of sp³-hybridized carbons (Fsp3) is 0.435. The largest absolute Gasteiger partial charge is 0.493 e. The number of rotatable bonds is 8. The quantitative estimate of drug-likeness (QED) is 0.646. The molecule has 2 atom stereocenters. The van der Waals surface area contributed by atoms with Crippen LogP contribution in [-0.4, -0.2) is 45.9 Å². The molecular formula is C23H29FN2O5S. The van der Waals surface area contributed by atoms with Gasteiger partial charge < -0.3 is 14.8 Å². The summed E-state index contributed by atoms with van der Waals surface area (Å²) in [7, 11) is -0.676. The van der Waals surface area contributed by atoms with Crippen LogP contribution in [0.5, 0.6) is 11.5 Å². The van der Waals surface area contributed by atoms with E-state index in [4.69, 9.17) is 9.47 Å². The standard InChI is InChI=1S/C23H29FN2O5S/c1-4-20(16-7-12-21(30-2)22(14-16)31-3)25-23(27)17-6-5-13-26(15-17)32(28,29)19-10-8-18(24)9-11-19/h7-12,14,17,20H,4-6,13,15H2,1-3H3,(H,25,27)/t17-,20+/m1/s1. The predicted octanol–water partition coefficient (Wildman–Crippen LogP) is 3.51. The Labute approximate surface area is 188 Å². The highest BCUT2D eigenvalue weighted by atomic mass is 32.2. The lowest BCUT2D eigenvalue weighted by Gasteiger charge is -2.32. The Kier molecular flexibility index (Phi) is 7.73. The van der Waals surface area contributed by atoms with Crippen molar-refractivity contribution >= 4 is 15.9 Å². The third-order valence-corrected chi connectivity index (χ3v) is 7.62. The lowest BCUT2D eigenvalue weighted by molar-refractivity contribution is -0.126. The Morgan fingerprint density at radius 1 is 1.16 bits per heavy atom. The van der Waals surface area contributed by atoms with Gasteiger partial charge in [-0.2, -0.15) is 4.31 Å². The smallest absolute Gasteiger partial charge is 0.243 e. The minimum absolute atomic E-state index is 0.0247. The first-order valence-electron chi connectivity index (χ1n) is 10.6. The van der Waals surface area contributed by atoms with E-state index >= 15 is 0 Å². The average Bonchev–Trinajstić information content (AvgIpc) is 2.82. The second kappa shape index (κ2) is 10.3. The number of hydrogen-bond acceptors (Lipinski definition) is 5. The van der Waals surface area contributed by atoms with Crippen LogP contribution in [-0.2, 0) is 14.8 Å². The van der Waals surface area contributed by atoms with Crippen molar-refractivity contribution in [1.82, 2.24) is 9.62 Å². The molecule has 0 saturated carbocycles. The van der Waals surface area contributed by atoms with Crippen LogP contribution >= 0.6 is 0 Å². The Bertz CT molecular complexity index is 1040. The van der Waals surface area contributed by atoms with Gasteiger partial charge in [-0.05, 0) is 61.2 Å². The molecule has 2 aromatic carbocycles. The van der Waals surface area contributed by atoms with Crippen LogP contribution in [0.1, 0.15) is 37.8 Å². The molecule has 0 bridgehead atoms. The van der Waals surface area contributed by atoms with Crippen LogP contribution < -0.4 is 14.8 Å². The Morgan fingerprint density at radius 2 is 1.84 bits per heavy atom. The van der Waals surface area contributed by atoms with E-state index in [9.17, 15) is 17.6 Å². The van der Waals surface area contributed by atoms with Gasteiger partial charge in [0.1, 0.15) is 5.82 Å². The van der Waals surface area contributed by atoms with Crippen LogP contribution in [0.2, 0.25) is 0 Å². The molecule has 2 aromatic rings. The molecule has 1 saturated heterocycles. The highest BCUT2D eigenvalue weighted by molar-refractivity contribution is 7.89. The molecule has 9 heteroatoms. The second-order valence-corrected chi connectivity index (χ2v) is 9.68. The maximum absolute atomic E-state index is 13.2. The van der Waals surface area contributed by atoms with Crippen molar-refractivity contribution < 1.29 is 27.1 Å². The van der Waals surface area contributed by atoms with E-state index < -0.39 is 21.8 Å². The van der Waals surface area contributed by atoms with Gasteiger partial charge in [0.25, 0.3) is 0 Å². The van der Waals surface area contributed by atoms with E-state index in [-0.39, 0.29) is 23.4 Å². The van der Waals surface area contributed by atoms with Crippen molar-refractivity contribution in [2.24, 2.45) is 5.92 Å². The summed E-state index contributed by atoms with van der Waals surface area (Å²) in [5, 5.41) is 3.05. The maximum atomic E-state index is 13.2. The van der Waals surface area contributed by atoms with Crippen molar-refractivity contribution in [2.75, 3.05) is 27.3 Å². The number of nitrogens with one attached hydrogen (secondary N) is 1. The van der Waals surface area contributed by atoms with Gasteiger partial charge in [0, 0.05) is 13.1 Å². The zero-order valence-electron chi connectivity index (χ0n) is 18.5. The fourth-order valence-electron chi connectivity index (χ4n) is 3.91. The van der Waals surface area contributed by atoms with Crippen molar-refractivity contribution in [3.05, 3.63) is 53.8 Å². The fourth-order valence-corrected chi connectivity index (χ4v) is 5.43. The second-order valence-electron chi connectivity index (χ2n) is 7.74. The summed E-state index contributed by atoms with van der Waals surface area (Å²) in [6.07, 6.45) is 1.83. The molecule has 32 heavy (non-hydrogen) atoms. The number of nitrogens with zero attached hydrogens (tertiary/aromatic N) is 1. The molecule has 1 aliphatic heterocycles. The first kappa shape index (κ1) is 24.0. The van der Waals surface area contributed by atoms with Crippen molar-refractivity contribution in [3.8, 4) is 11.5 Å². The van der Waals surface area contributed by atoms with Gasteiger partial charge in [0.05, 0.1) is 31.1 Å². The van der Waals surface area contributed by atoms with Gasteiger partial charge in [-0.1, -0.05) is 13.0 Å². The number of carbonyl (C=O) groups excluding carboxylic acids is 1. The molecule has 0 aliphatic carbocycles. The Hall–Kier alpha value is -2.65. The van der Waals surface area contributed by atoms with Gasteiger partial charge in [-0.25, -0.2) is 12.8 Å². The third kappa shape index (κ3) is 5.21. The number of halogens is 1. The summed E-state index contributed by atoms with van der Waals surface area (Å²) in [5.74, 6) is 0.0257. The lowest BCUT2D eigenvalue weighted by Crippen LogP contribution is -2.46. The van der Waals surface area contributed by atoms with E-state index in [0.717, 1.165) is 17.7 Å². The first-order chi connectivity index (χ1) is 15.3. The molecule has 3 rings (SSSR count). The number of benzene rings is 2. The molecule has 1 fully saturated rings. The van der Waals surface area contributed by atoms with Crippen LogP contribution in [0, 0.1) is 11.7 Å². The number of piperidine rings is 1. The number of ether oxygens (including phenoxy) is 2. The minimum Gasteiger partial charge on any atom is -0.493 e. The normalized spacial score (nSPS) is 18.1. The van der Waals surface area contributed by atoms with Crippen molar-refractivity contribution in [1.29, 1.82) is 0 Å². The van der Waals surface area contributed by atoms with E-state index in [1.54, 1.807) is 20.3 Å². The third-order valence-electron chi connectivity index (χ3n) is 5.74. The highest BCUT2D eigenvalue weighted by Crippen LogP contribution is 2.31. The lowest BCUT2D eigenvalue weighted by atomic mass is 9.97. The number of carbonyl (C=O) groups is 1. The summed E-state index contributed by atoms with van der Waals surface area (Å²) >= 11 is 0. The predicted molar refractivity (Wildman–Crippen MR) is 119 cm³/mol. The molecule has 0 unspecified atom stereocenters. The molecule has 1 N–H and O–H groups in total. The van der Waals surface area contributed by atoms with Crippen LogP contribution in [0.15, 0.2) is 47.4 Å². The maximum Gasteiger partial charge on any atom is 0.243 e. The summed E-state index contributed by atoms with van der Waals surface area (Å²) in [5.41, 5.74) is 0.880. The van der Waals surface area contributed by atoms with E-state index in [2.05, 4.69) is 5.32 Å². The van der Waals surface area contributed by atoms with Gasteiger partial charge in [0.2, 0.25) is 15.9 Å². The van der Waals surface area contributed by atoms with E-state index in [1.165, 1.54) is 16.4 Å². The molecule has 0 aromatic heterocycles. The molecule has 1 aliphatic rings. The molecule has 1 amide bonds.